The maximum atomic E-state index is 11.6. The van der Waals surface area contributed by atoms with Gasteiger partial charge in [-0.15, -0.1) is 0 Å². The fraction of sp³-hybridized carbons (Fsp3) is 0.875. The molecule has 2 rings (SSSR count). The Bertz CT molecular complexity index is 423. The topological polar surface area (TPSA) is 71.1 Å². The molecule has 22 heavy (non-hydrogen) atoms. The van der Waals surface area contributed by atoms with Crippen LogP contribution in [0.15, 0.2) is 0 Å². The lowest BCUT2D eigenvalue weighted by atomic mass is 9.92. The van der Waals surface area contributed by atoms with Crippen molar-refractivity contribution < 1.29 is 28.5 Å². The van der Waals surface area contributed by atoms with E-state index in [9.17, 15) is 9.59 Å². The highest BCUT2D eigenvalue weighted by Crippen LogP contribution is 2.35. The van der Waals surface area contributed by atoms with E-state index in [1.165, 1.54) is 6.92 Å². The van der Waals surface area contributed by atoms with Crippen LogP contribution in [-0.2, 0) is 28.5 Å². The summed E-state index contributed by atoms with van der Waals surface area (Å²) in [6, 6.07) is 0. The molecule has 6 nitrogen and oxygen atoms in total. The second kappa shape index (κ2) is 6.96. The summed E-state index contributed by atoms with van der Waals surface area (Å²) >= 11 is 0. The highest BCUT2D eigenvalue weighted by molar-refractivity contribution is 5.74. The Morgan fingerprint density at radius 3 is 2.32 bits per heavy atom. The fourth-order valence-electron chi connectivity index (χ4n) is 3.20. The highest BCUT2D eigenvalue weighted by atomic mass is 16.7. The number of carbonyl (C=O) groups is 2. The Balaban J connectivity index is 1.86. The van der Waals surface area contributed by atoms with Crippen LogP contribution in [0.1, 0.15) is 34.6 Å². The lowest BCUT2D eigenvalue weighted by molar-refractivity contribution is -0.155. The molecule has 0 spiro atoms. The zero-order valence-corrected chi connectivity index (χ0v) is 13.9. The van der Waals surface area contributed by atoms with Crippen molar-refractivity contribution in [3.05, 3.63) is 0 Å². The smallest absolute Gasteiger partial charge is 0.309 e. The summed E-state index contributed by atoms with van der Waals surface area (Å²) in [5.41, 5.74) is 0. The minimum atomic E-state index is -0.342. The van der Waals surface area contributed by atoms with Gasteiger partial charge < -0.3 is 18.9 Å². The molecule has 0 aliphatic carbocycles. The molecular weight excluding hydrogens is 288 g/mol. The number of hydrogen-bond acceptors (Lipinski definition) is 6. The molecule has 2 fully saturated rings. The Labute approximate surface area is 131 Å². The van der Waals surface area contributed by atoms with Crippen LogP contribution in [0.2, 0.25) is 0 Å². The fourth-order valence-corrected chi connectivity index (χ4v) is 3.20. The number of rotatable bonds is 5. The van der Waals surface area contributed by atoms with Gasteiger partial charge in [0.15, 0.2) is 6.29 Å². The van der Waals surface area contributed by atoms with Gasteiger partial charge >= 0.3 is 11.9 Å². The molecular formula is C16H26O6. The van der Waals surface area contributed by atoms with Gasteiger partial charge in [0.25, 0.3) is 0 Å². The standard InChI is InChI=1S/C16H26O6/c1-8-13(10(3)21-15(8)18)7-20-16-9(2)14(11(4)22-16)6-19-12(5)17/h8-11,13-14,16H,6-7H2,1-5H3/t8-,9-,10+,11+,13-,14-,16-/m0/s1. The summed E-state index contributed by atoms with van der Waals surface area (Å²) in [5.74, 6) is -0.314. The van der Waals surface area contributed by atoms with Crippen LogP contribution in [0.5, 0.6) is 0 Å². The van der Waals surface area contributed by atoms with E-state index in [1.807, 2.05) is 27.7 Å². The van der Waals surface area contributed by atoms with Crippen molar-refractivity contribution in [1.29, 1.82) is 0 Å². The molecule has 0 aromatic heterocycles. The molecule has 0 unspecified atom stereocenters. The monoisotopic (exact) mass is 314 g/mol. The van der Waals surface area contributed by atoms with Crippen LogP contribution in [0, 0.1) is 23.7 Å². The van der Waals surface area contributed by atoms with Gasteiger partial charge in [0.05, 0.1) is 25.2 Å². The van der Waals surface area contributed by atoms with E-state index in [0.717, 1.165) is 0 Å². The summed E-state index contributed by atoms with van der Waals surface area (Å²) in [5, 5.41) is 0. The average molecular weight is 314 g/mol. The second-order valence-electron chi connectivity index (χ2n) is 6.46. The van der Waals surface area contributed by atoms with Gasteiger partial charge in [0.1, 0.15) is 6.10 Å². The Kier molecular flexibility index (Phi) is 5.45. The minimum Gasteiger partial charge on any atom is -0.465 e. The first-order valence-electron chi connectivity index (χ1n) is 7.92. The van der Waals surface area contributed by atoms with Crippen LogP contribution in [0.3, 0.4) is 0 Å². The van der Waals surface area contributed by atoms with Crippen LogP contribution >= 0.6 is 0 Å². The van der Waals surface area contributed by atoms with Crippen LogP contribution < -0.4 is 0 Å². The van der Waals surface area contributed by atoms with Gasteiger partial charge in [-0.2, -0.15) is 0 Å². The van der Waals surface area contributed by atoms with Crippen molar-refractivity contribution in [3.63, 3.8) is 0 Å². The predicted octanol–water partition coefficient (Wildman–Crippen LogP) is 1.76. The zero-order valence-electron chi connectivity index (χ0n) is 13.9. The molecule has 2 aliphatic heterocycles. The zero-order chi connectivity index (χ0) is 16.4. The largest absolute Gasteiger partial charge is 0.465 e. The van der Waals surface area contributed by atoms with Crippen molar-refractivity contribution in [1.82, 2.24) is 0 Å². The van der Waals surface area contributed by atoms with Gasteiger partial charge in [-0.1, -0.05) is 13.8 Å². The summed E-state index contributed by atoms with van der Waals surface area (Å²) in [4.78, 5) is 22.5. The number of ether oxygens (including phenoxy) is 4. The van der Waals surface area contributed by atoms with Crippen molar-refractivity contribution >= 4 is 11.9 Å². The van der Waals surface area contributed by atoms with Gasteiger partial charge in [0.2, 0.25) is 0 Å². The van der Waals surface area contributed by atoms with E-state index in [-0.39, 0.29) is 54.1 Å². The van der Waals surface area contributed by atoms with Crippen molar-refractivity contribution in [3.8, 4) is 0 Å². The molecule has 0 saturated carbocycles. The SMILES string of the molecule is CC(=O)OC[C@H]1[C@H](C)[C@@H](OC[C@H]2[C@H](C)C(=O)O[C@@H]2C)O[C@@H]1C. The molecule has 0 aromatic carbocycles. The summed E-state index contributed by atoms with van der Waals surface area (Å²) in [7, 11) is 0. The van der Waals surface area contributed by atoms with E-state index in [1.54, 1.807) is 0 Å². The van der Waals surface area contributed by atoms with Crippen LogP contribution in [0.4, 0.5) is 0 Å². The summed E-state index contributed by atoms with van der Waals surface area (Å²) in [6.07, 6.45) is -0.505. The van der Waals surface area contributed by atoms with Crippen molar-refractivity contribution in [2.24, 2.45) is 23.7 Å². The number of carbonyl (C=O) groups excluding carboxylic acids is 2. The van der Waals surface area contributed by atoms with E-state index in [2.05, 4.69) is 0 Å². The average Bonchev–Trinajstić information content (AvgIpc) is 2.83. The quantitative estimate of drug-likeness (QED) is 0.720. The molecule has 6 heteroatoms. The molecule has 126 valence electrons. The van der Waals surface area contributed by atoms with Gasteiger partial charge in [-0.05, 0) is 13.8 Å². The Morgan fingerprint density at radius 2 is 1.77 bits per heavy atom. The molecule has 7 atom stereocenters. The van der Waals surface area contributed by atoms with E-state index >= 15 is 0 Å². The molecule has 2 aliphatic rings. The summed E-state index contributed by atoms with van der Waals surface area (Å²) in [6.45, 7) is 9.92. The molecule has 2 heterocycles. The normalized spacial score (nSPS) is 41.5. The van der Waals surface area contributed by atoms with Crippen LogP contribution in [-0.4, -0.2) is 43.7 Å². The van der Waals surface area contributed by atoms with Gasteiger partial charge in [-0.25, -0.2) is 0 Å². The Morgan fingerprint density at radius 1 is 1.09 bits per heavy atom. The first-order valence-corrected chi connectivity index (χ1v) is 7.92. The highest BCUT2D eigenvalue weighted by Gasteiger charge is 2.43. The van der Waals surface area contributed by atoms with Gasteiger partial charge in [0, 0.05) is 24.7 Å². The maximum absolute atomic E-state index is 11.6. The van der Waals surface area contributed by atoms with E-state index in [4.69, 9.17) is 18.9 Å². The lowest BCUT2D eigenvalue weighted by Crippen LogP contribution is -2.29. The molecule has 0 radical (unpaired) electrons. The molecule has 0 amide bonds. The first-order chi connectivity index (χ1) is 10.3. The second-order valence-corrected chi connectivity index (χ2v) is 6.46. The van der Waals surface area contributed by atoms with E-state index < -0.39 is 0 Å². The minimum absolute atomic E-state index is 0.0318. The first kappa shape index (κ1) is 17.2. The molecule has 0 bridgehead atoms. The van der Waals surface area contributed by atoms with Crippen molar-refractivity contribution in [2.45, 2.75) is 53.1 Å². The summed E-state index contributed by atoms with van der Waals surface area (Å²) < 4.78 is 22.1. The number of esters is 2. The van der Waals surface area contributed by atoms with E-state index in [0.29, 0.717) is 13.2 Å². The molecule has 0 aromatic rings. The predicted molar refractivity (Wildman–Crippen MR) is 77.8 cm³/mol. The maximum Gasteiger partial charge on any atom is 0.309 e. The van der Waals surface area contributed by atoms with Crippen LogP contribution in [0.25, 0.3) is 0 Å². The van der Waals surface area contributed by atoms with Gasteiger partial charge in [-0.3, -0.25) is 9.59 Å². The lowest BCUT2D eigenvalue weighted by Gasteiger charge is -2.22. The van der Waals surface area contributed by atoms with Crippen molar-refractivity contribution in [2.75, 3.05) is 13.2 Å². The Hall–Kier alpha value is -1.14. The number of cyclic esters (lactones) is 1. The third-order valence-corrected chi connectivity index (χ3v) is 4.91. The number of hydrogen-bond donors (Lipinski definition) is 0. The molecule has 0 N–H and O–H groups in total. The molecule has 2 saturated heterocycles. The third kappa shape index (κ3) is 3.60. The third-order valence-electron chi connectivity index (χ3n) is 4.91.